The van der Waals surface area contributed by atoms with Gasteiger partial charge < -0.3 is 20.4 Å². The molecule has 19 heavy (non-hydrogen) atoms. The number of carbonyl (C=O) groups is 2. The van der Waals surface area contributed by atoms with Crippen LogP contribution in [0.2, 0.25) is 0 Å². The second kappa shape index (κ2) is 7.70. The van der Waals surface area contributed by atoms with Gasteiger partial charge in [0.1, 0.15) is 0 Å². The number of nitrogens with zero attached hydrogens (tertiary/aromatic N) is 2. The third-order valence-corrected chi connectivity index (χ3v) is 3.33. The Morgan fingerprint density at radius 3 is 2.79 bits per heavy atom. The zero-order chi connectivity index (χ0) is 14.3. The van der Waals surface area contributed by atoms with Crippen LogP contribution in [0.5, 0.6) is 0 Å². The van der Waals surface area contributed by atoms with Crippen LogP contribution in [0, 0.1) is 0 Å². The largest absolute Gasteiger partial charge is 0.476 e. The van der Waals surface area contributed by atoms with Crippen molar-refractivity contribution in [3.05, 3.63) is 16.1 Å². The van der Waals surface area contributed by atoms with Gasteiger partial charge in [-0.3, -0.25) is 0 Å². The maximum atomic E-state index is 11.7. The molecule has 3 N–H and O–H groups in total. The monoisotopic (exact) mass is 287 g/mol. The number of hydrogen-bond acceptors (Lipinski definition) is 5. The molecule has 0 spiro atoms. The summed E-state index contributed by atoms with van der Waals surface area (Å²) in [6.07, 6.45) is 0.486. The van der Waals surface area contributed by atoms with Gasteiger partial charge in [-0.1, -0.05) is 0 Å². The molecule has 1 rings (SSSR count). The minimum absolute atomic E-state index is 0.0294. The van der Waals surface area contributed by atoms with E-state index >= 15 is 0 Å². The molecule has 8 heteroatoms. The quantitative estimate of drug-likeness (QED) is 0.674. The Morgan fingerprint density at radius 2 is 2.26 bits per heavy atom. The lowest BCUT2D eigenvalue weighted by molar-refractivity contribution is 0.0691. The molecule has 106 valence electrons. The minimum atomic E-state index is -1.05. The van der Waals surface area contributed by atoms with Gasteiger partial charge in [0.2, 0.25) is 0 Å². The number of aliphatic hydroxyl groups excluding tert-OH is 1. The van der Waals surface area contributed by atoms with Crippen molar-refractivity contribution < 1.29 is 19.8 Å². The Labute approximate surface area is 114 Å². The smallest absolute Gasteiger partial charge is 0.355 e. The number of nitrogens with one attached hydrogen (secondary N) is 1. The number of aromatic carboxylic acids is 1. The molecule has 1 heterocycles. The molecular weight excluding hydrogens is 270 g/mol. The van der Waals surface area contributed by atoms with Crippen LogP contribution < -0.4 is 5.32 Å². The van der Waals surface area contributed by atoms with Crippen molar-refractivity contribution in [2.45, 2.75) is 13.3 Å². The van der Waals surface area contributed by atoms with Gasteiger partial charge in [-0.15, -0.1) is 11.3 Å². The van der Waals surface area contributed by atoms with Crippen LogP contribution in [0.3, 0.4) is 0 Å². The second-order valence-corrected chi connectivity index (χ2v) is 4.66. The van der Waals surface area contributed by atoms with Gasteiger partial charge in [0.05, 0.1) is 11.6 Å². The first kappa shape index (κ1) is 15.4. The second-order valence-electron chi connectivity index (χ2n) is 3.72. The van der Waals surface area contributed by atoms with Gasteiger partial charge in [0.15, 0.2) is 5.69 Å². The van der Waals surface area contributed by atoms with E-state index in [0.717, 1.165) is 0 Å². The molecule has 0 aromatic carbocycles. The molecule has 0 aliphatic carbocycles. The zero-order valence-corrected chi connectivity index (χ0v) is 11.4. The Hall–Kier alpha value is -1.67. The van der Waals surface area contributed by atoms with E-state index in [0.29, 0.717) is 31.1 Å². The van der Waals surface area contributed by atoms with Crippen molar-refractivity contribution in [1.29, 1.82) is 0 Å². The summed E-state index contributed by atoms with van der Waals surface area (Å²) in [5.41, 5.74) is 0.0294. The summed E-state index contributed by atoms with van der Waals surface area (Å²) in [6, 6.07) is -0.244. The number of amides is 2. The van der Waals surface area contributed by atoms with E-state index in [1.54, 1.807) is 0 Å². The molecule has 1 aromatic rings. The lowest BCUT2D eigenvalue weighted by Crippen LogP contribution is -2.42. The van der Waals surface area contributed by atoms with Crippen molar-refractivity contribution in [2.24, 2.45) is 0 Å². The highest BCUT2D eigenvalue weighted by Gasteiger charge is 2.11. The first-order valence-electron chi connectivity index (χ1n) is 5.89. The average molecular weight is 287 g/mol. The van der Waals surface area contributed by atoms with Gasteiger partial charge in [-0.2, -0.15) is 0 Å². The summed E-state index contributed by atoms with van der Waals surface area (Å²) in [4.78, 5) is 27.7. The van der Waals surface area contributed by atoms with Crippen LogP contribution in [-0.2, 0) is 6.42 Å². The fourth-order valence-corrected chi connectivity index (χ4v) is 2.21. The van der Waals surface area contributed by atoms with Gasteiger partial charge in [0, 0.05) is 31.4 Å². The number of carboxylic acid groups (broad SMARTS) is 1. The van der Waals surface area contributed by atoms with Crippen molar-refractivity contribution in [3.8, 4) is 0 Å². The standard InChI is InChI=1S/C11H17N3O4S/c1-2-14(5-6-15)11(18)12-4-3-9-13-8(7-19-9)10(16)17/h7,15H,2-6H2,1H3,(H,12,18)(H,16,17). The van der Waals surface area contributed by atoms with Gasteiger partial charge in [-0.25, -0.2) is 14.6 Å². The average Bonchev–Trinajstić information content (AvgIpc) is 2.84. The van der Waals surface area contributed by atoms with E-state index in [1.165, 1.54) is 21.6 Å². The summed E-state index contributed by atoms with van der Waals surface area (Å²) in [6.45, 7) is 2.95. The van der Waals surface area contributed by atoms with Crippen LogP contribution in [0.1, 0.15) is 22.4 Å². The fraction of sp³-hybridized carbons (Fsp3) is 0.545. The maximum Gasteiger partial charge on any atom is 0.355 e. The van der Waals surface area contributed by atoms with Crippen LogP contribution in [0.15, 0.2) is 5.38 Å². The van der Waals surface area contributed by atoms with E-state index in [9.17, 15) is 9.59 Å². The summed E-state index contributed by atoms with van der Waals surface area (Å²) >= 11 is 1.26. The minimum Gasteiger partial charge on any atom is -0.476 e. The Balaban J connectivity index is 2.36. The van der Waals surface area contributed by atoms with Crippen molar-refractivity contribution in [3.63, 3.8) is 0 Å². The first-order valence-corrected chi connectivity index (χ1v) is 6.77. The normalized spacial score (nSPS) is 10.2. The lowest BCUT2D eigenvalue weighted by Gasteiger charge is -2.19. The molecule has 0 saturated heterocycles. The highest BCUT2D eigenvalue weighted by atomic mass is 32.1. The SMILES string of the molecule is CCN(CCO)C(=O)NCCc1nc(C(=O)O)cs1. The molecule has 0 atom stereocenters. The number of rotatable bonds is 7. The Kier molecular flexibility index (Phi) is 6.23. The zero-order valence-electron chi connectivity index (χ0n) is 10.6. The molecule has 7 nitrogen and oxygen atoms in total. The number of thiazole rings is 1. The molecule has 1 aromatic heterocycles. The number of carboxylic acids is 1. The number of aliphatic hydroxyl groups is 1. The van der Waals surface area contributed by atoms with Crippen LogP contribution >= 0.6 is 11.3 Å². The van der Waals surface area contributed by atoms with Crippen LogP contribution in [0.4, 0.5) is 4.79 Å². The van der Waals surface area contributed by atoms with Crippen LogP contribution in [-0.4, -0.2) is 58.3 Å². The Bertz CT molecular complexity index is 435. The van der Waals surface area contributed by atoms with Gasteiger partial charge in [0.25, 0.3) is 0 Å². The van der Waals surface area contributed by atoms with Gasteiger partial charge >= 0.3 is 12.0 Å². The summed E-state index contributed by atoms with van der Waals surface area (Å²) in [7, 11) is 0. The number of carbonyl (C=O) groups excluding carboxylic acids is 1. The highest BCUT2D eigenvalue weighted by Crippen LogP contribution is 2.09. The molecule has 0 aliphatic heterocycles. The predicted octanol–water partition coefficient (Wildman–Crippen LogP) is 0.408. The predicted molar refractivity (Wildman–Crippen MR) is 70.5 cm³/mol. The third-order valence-electron chi connectivity index (χ3n) is 2.42. The fourth-order valence-electron chi connectivity index (χ4n) is 1.44. The molecule has 0 saturated carbocycles. The van der Waals surface area contributed by atoms with E-state index in [1.807, 2.05) is 6.92 Å². The molecule has 0 bridgehead atoms. The van der Waals surface area contributed by atoms with Crippen molar-refractivity contribution >= 4 is 23.3 Å². The molecule has 2 amide bonds. The molecule has 0 unspecified atom stereocenters. The molecule has 0 aliphatic rings. The number of hydrogen-bond donors (Lipinski definition) is 3. The van der Waals surface area contributed by atoms with E-state index in [2.05, 4.69) is 10.3 Å². The van der Waals surface area contributed by atoms with Crippen molar-refractivity contribution in [1.82, 2.24) is 15.2 Å². The first-order chi connectivity index (χ1) is 9.08. The topological polar surface area (TPSA) is 103 Å². The molecule has 0 radical (unpaired) electrons. The number of aromatic nitrogens is 1. The van der Waals surface area contributed by atoms with Crippen molar-refractivity contribution in [2.75, 3.05) is 26.2 Å². The van der Waals surface area contributed by atoms with Gasteiger partial charge in [-0.05, 0) is 6.92 Å². The molecular formula is C11H17N3O4S. The highest BCUT2D eigenvalue weighted by molar-refractivity contribution is 7.09. The van der Waals surface area contributed by atoms with E-state index < -0.39 is 5.97 Å². The lowest BCUT2D eigenvalue weighted by atomic mass is 10.4. The number of urea groups is 1. The van der Waals surface area contributed by atoms with Crippen LogP contribution in [0.25, 0.3) is 0 Å². The summed E-state index contributed by atoms with van der Waals surface area (Å²) < 4.78 is 0. The van der Waals surface area contributed by atoms with E-state index in [4.69, 9.17) is 10.2 Å². The summed E-state index contributed by atoms with van der Waals surface area (Å²) in [5, 5.41) is 22.4. The third kappa shape index (κ3) is 4.84. The maximum absolute atomic E-state index is 11.7. The Morgan fingerprint density at radius 1 is 1.53 bits per heavy atom. The molecule has 0 fully saturated rings. The summed E-state index contributed by atoms with van der Waals surface area (Å²) in [5.74, 6) is -1.05. The number of likely N-dealkylation sites (N-methyl/N-ethyl adjacent to an activating group) is 1. The van der Waals surface area contributed by atoms with E-state index in [-0.39, 0.29) is 18.3 Å².